The van der Waals surface area contributed by atoms with Crippen LogP contribution < -0.4 is 0 Å². The summed E-state index contributed by atoms with van der Waals surface area (Å²) in [5.41, 5.74) is 1.67. The van der Waals surface area contributed by atoms with Crippen LogP contribution >= 0.6 is 11.6 Å². The van der Waals surface area contributed by atoms with E-state index in [0.29, 0.717) is 17.3 Å². The monoisotopic (exact) mass is 227 g/mol. The van der Waals surface area contributed by atoms with Gasteiger partial charge < -0.3 is 9.30 Å². The Morgan fingerprint density at radius 1 is 1.60 bits per heavy atom. The lowest BCUT2D eigenvalue weighted by atomic mass is 10.1. The second-order valence-corrected chi connectivity index (χ2v) is 4.07. The predicted molar refractivity (Wildman–Crippen MR) is 58.3 cm³/mol. The summed E-state index contributed by atoms with van der Waals surface area (Å²) in [5.74, 6) is -0.310. The average Bonchev–Trinajstić information content (AvgIpc) is 2.54. The van der Waals surface area contributed by atoms with Crippen molar-refractivity contribution in [1.29, 1.82) is 0 Å². The van der Waals surface area contributed by atoms with Gasteiger partial charge in [-0.05, 0) is 32.3 Å². The zero-order valence-electron chi connectivity index (χ0n) is 8.75. The van der Waals surface area contributed by atoms with E-state index < -0.39 is 0 Å². The molecular formula is C11H14ClNO2. The zero-order chi connectivity index (χ0) is 10.8. The van der Waals surface area contributed by atoms with Crippen molar-refractivity contribution in [3.8, 4) is 0 Å². The summed E-state index contributed by atoms with van der Waals surface area (Å²) in [6, 6.07) is 1.88. The van der Waals surface area contributed by atoms with E-state index in [1.807, 2.05) is 10.6 Å². The molecule has 0 saturated heterocycles. The first kappa shape index (κ1) is 10.6. The van der Waals surface area contributed by atoms with Crippen molar-refractivity contribution in [3.05, 3.63) is 22.5 Å². The largest absolute Gasteiger partial charge is 0.461 e. The summed E-state index contributed by atoms with van der Waals surface area (Å²) in [4.78, 5) is 11.7. The van der Waals surface area contributed by atoms with Crippen LogP contribution in [0.15, 0.2) is 6.07 Å². The van der Waals surface area contributed by atoms with E-state index >= 15 is 0 Å². The van der Waals surface area contributed by atoms with E-state index in [2.05, 4.69) is 0 Å². The van der Waals surface area contributed by atoms with Crippen LogP contribution in [0, 0.1) is 0 Å². The van der Waals surface area contributed by atoms with E-state index in [9.17, 15) is 4.79 Å². The number of aromatic nitrogens is 1. The molecule has 4 heteroatoms. The summed E-state index contributed by atoms with van der Waals surface area (Å²) >= 11 is 6.04. The summed E-state index contributed by atoms with van der Waals surface area (Å²) < 4.78 is 6.98. The number of hydrogen-bond donors (Lipinski definition) is 0. The molecule has 1 aliphatic rings. The quantitative estimate of drug-likeness (QED) is 0.728. The number of rotatable bonds is 2. The van der Waals surface area contributed by atoms with Crippen molar-refractivity contribution in [3.63, 3.8) is 0 Å². The molecule has 0 aromatic carbocycles. The van der Waals surface area contributed by atoms with Gasteiger partial charge in [0, 0.05) is 12.2 Å². The number of nitrogens with zero attached hydrogens (tertiary/aromatic N) is 1. The van der Waals surface area contributed by atoms with Gasteiger partial charge in [0.25, 0.3) is 0 Å². The van der Waals surface area contributed by atoms with Crippen LogP contribution in [-0.4, -0.2) is 17.1 Å². The SMILES string of the molecule is CCOC(=O)c1c(Cl)cc2n1CCCC2. The van der Waals surface area contributed by atoms with Crippen LogP contribution in [0.25, 0.3) is 0 Å². The third-order valence-electron chi connectivity index (χ3n) is 2.67. The molecule has 0 bridgehead atoms. The van der Waals surface area contributed by atoms with Gasteiger partial charge >= 0.3 is 5.97 Å². The van der Waals surface area contributed by atoms with E-state index in [4.69, 9.17) is 16.3 Å². The van der Waals surface area contributed by atoms with Crippen LogP contribution in [0.4, 0.5) is 0 Å². The molecule has 3 nitrogen and oxygen atoms in total. The van der Waals surface area contributed by atoms with Crippen LogP contribution in [0.1, 0.15) is 35.9 Å². The number of aryl methyl sites for hydroxylation is 1. The predicted octanol–water partition coefficient (Wildman–Crippen LogP) is 2.65. The van der Waals surface area contributed by atoms with Gasteiger partial charge in [0.05, 0.1) is 11.6 Å². The highest BCUT2D eigenvalue weighted by Gasteiger charge is 2.22. The lowest BCUT2D eigenvalue weighted by molar-refractivity contribution is 0.0512. The zero-order valence-corrected chi connectivity index (χ0v) is 9.51. The van der Waals surface area contributed by atoms with Gasteiger partial charge in [-0.25, -0.2) is 4.79 Å². The molecule has 0 radical (unpaired) electrons. The number of esters is 1. The first-order valence-electron chi connectivity index (χ1n) is 5.29. The van der Waals surface area contributed by atoms with Gasteiger partial charge in [-0.15, -0.1) is 0 Å². The maximum Gasteiger partial charge on any atom is 0.356 e. The number of carbonyl (C=O) groups excluding carboxylic acids is 1. The van der Waals surface area contributed by atoms with E-state index in [0.717, 1.165) is 25.1 Å². The summed E-state index contributed by atoms with van der Waals surface area (Å²) in [6.07, 6.45) is 3.27. The molecule has 15 heavy (non-hydrogen) atoms. The molecule has 0 saturated carbocycles. The average molecular weight is 228 g/mol. The van der Waals surface area contributed by atoms with Gasteiger partial charge in [0.15, 0.2) is 0 Å². The Balaban J connectivity index is 2.37. The number of fused-ring (bicyclic) bond motifs is 1. The molecule has 0 spiro atoms. The molecule has 0 atom stereocenters. The van der Waals surface area contributed by atoms with Crippen LogP contribution in [0.2, 0.25) is 5.02 Å². The third-order valence-corrected chi connectivity index (χ3v) is 2.96. The fourth-order valence-electron chi connectivity index (χ4n) is 2.01. The maximum atomic E-state index is 11.7. The maximum absolute atomic E-state index is 11.7. The minimum atomic E-state index is -0.310. The fourth-order valence-corrected chi connectivity index (χ4v) is 2.32. The summed E-state index contributed by atoms with van der Waals surface area (Å²) in [6.45, 7) is 3.05. The molecule has 2 rings (SSSR count). The Bertz CT molecular complexity index is 384. The fraction of sp³-hybridized carbons (Fsp3) is 0.545. The smallest absolute Gasteiger partial charge is 0.356 e. The van der Waals surface area contributed by atoms with Gasteiger partial charge in [0.2, 0.25) is 0 Å². The number of ether oxygens (including phenoxy) is 1. The second kappa shape index (κ2) is 4.27. The molecule has 1 aromatic heterocycles. The highest BCUT2D eigenvalue weighted by molar-refractivity contribution is 6.33. The minimum Gasteiger partial charge on any atom is -0.461 e. The number of halogens is 1. The van der Waals surface area contributed by atoms with Crippen LogP contribution in [0.3, 0.4) is 0 Å². The Labute approximate surface area is 94.0 Å². The number of hydrogen-bond acceptors (Lipinski definition) is 2. The molecule has 0 N–H and O–H groups in total. The Hall–Kier alpha value is -0.960. The third kappa shape index (κ3) is 1.88. The lowest BCUT2D eigenvalue weighted by Gasteiger charge is -2.17. The van der Waals surface area contributed by atoms with Crippen LogP contribution in [-0.2, 0) is 17.7 Å². The molecule has 0 aliphatic carbocycles. The van der Waals surface area contributed by atoms with Crippen molar-refractivity contribution >= 4 is 17.6 Å². The molecule has 82 valence electrons. The molecule has 1 aliphatic heterocycles. The van der Waals surface area contributed by atoms with E-state index in [1.165, 1.54) is 6.42 Å². The van der Waals surface area contributed by atoms with E-state index in [-0.39, 0.29) is 5.97 Å². The highest BCUT2D eigenvalue weighted by atomic mass is 35.5. The Kier molecular flexibility index (Phi) is 3.00. The standard InChI is InChI=1S/C11H14ClNO2/c1-2-15-11(14)10-9(12)7-8-5-3-4-6-13(8)10/h7H,2-6H2,1H3. The molecule has 0 unspecified atom stereocenters. The molecule has 2 heterocycles. The van der Waals surface area contributed by atoms with Gasteiger partial charge in [-0.2, -0.15) is 0 Å². The number of carbonyl (C=O) groups is 1. The summed E-state index contributed by atoms with van der Waals surface area (Å²) in [7, 11) is 0. The molecule has 0 amide bonds. The first-order valence-corrected chi connectivity index (χ1v) is 5.67. The Morgan fingerprint density at radius 2 is 2.40 bits per heavy atom. The second-order valence-electron chi connectivity index (χ2n) is 3.66. The topological polar surface area (TPSA) is 31.2 Å². The van der Waals surface area contributed by atoms with Crippen molar-refractivity contribution < 1.29 is 9.53 Å². The van der Waals surface area contributed by atoms with Gasteiger partial charge in [-0.3, -0.25) is 0 Å². The summed E-state index contributed by atoms with van der Waals surface area (Å²) in [5, 5.41) is 0.519. The van der Waals surface area contributed by atoms with Crippen molar-refractivity contribution in [2.24, 2.45) is 0 Å². The van der Waals surface area contributed by atoms with Crippen molar-refractivity contribution in [1.82, 2.24) is 4.57 Å². The first-order chi connectivity index (χ1) is 7.24. The molecule has 0 fully saturated rings. The van der Waals surface area contributed by atoms with Crippen molar-refractivity contribution in [2.75, 3.05) is 6.61 Å². The highest BCUT2D eigenvalue weighted by Crippen LogP contribution is 2.27. The van der Waals surface area contributed by atoms with Crippen LogP contribution in [0.5, 0.6) is 0 Å². The van der Waals surface area contributed by atoms with Gasteiger partial charge in [-0.1, -0.05) is 11.6 Å². The van der Waals surface area contributed by atoms with Gasteiger partial charge in [0.1, 0.15) is 5.69 Å². The molecule has 1 aromatic rings. The van der Waals surface area contributed by atoms with Crippen molar-refractivity contribution in [2.45, 2.75) is 32.7 Å². The Morgan fingerprint density at radius 3 is 3.13 bits per heavy atom. The normalized spacial score (nSPS) is 14.8. The van der Waals surface area contributed by atoms with E-state index in [1.54, 1.807) is 6.92 Å². The minimum absolute atomic E-state index is 0.310. The lowest BCUT2D eigenvalue weighted by Crippen LogP contribution is -2.17. The molecular weight excluding hydrogens is 214 g/mol.